The summed E-state index contributed by atoms with van der Waals surface area (Å²) in [4.78, 5) is 0. The van der Waals surface area contributed by atoms with Crippen LogP contribution in [0.3, 0.4) is 0 Å². The second-order valence-electron chi connectivity index (χ2n) is 6.16. The van der Waals surface area contributed by atoms with Crippen molar-refractivity contribution in [1.82, 2.24) is 0 Å². The predicted molar refractivity (Wildman–Crippen MR) is 93.4 cm³/mol. The van der Waals surface area contributed by atoms with Gasteiger partial charge in [0.25, 0.3) is 0 Å². The van der Waals surface area contributed by atoms with Gasteiger partial charge in [-0.25, -0.2) is 0 Å². The summed E-state index contributed by atoms with van der Waals surface area (Å²) in [6.07, 6.45) is 1.27. The zero-order chi connectivity index (χ0) is 15.6. The summed E-state index contributed by atoms with van der Waals surface area (Å²) >= 11 is 0. The molecule has 1 heterocycles. The lowest BCUT2D eigenvalue weighted by molar-refractivity contribution is -0.143. The van der Waals surface area contributed by atoms with Crippen LogP contribution in [0.4, 0.5) is 0 Å². The van der Waals surface area contributed by atoms with E-state index in [1.165, 1.54) is 10.6 Å². The van der Waals surface area contributed by atoms with Gasteiger partial charge in [-0.15, -0.1) is 0 Å². The van der Waals surface area contributed by atoms with Gasteiger partial charge in [0.2, 0.25) is 0 Å². The van der Waals surface area contributed by atoms with E-state index in [1.54, 1.807) is 0 Å². The van der Waals surface area contributed by atoms with Crippen LogP contribution in [-0.4, -0.2) is 24.2 Å². The maximum Gasteiger partial charge on any atom is 0.163 e. The quantitative estimate of drug-likeness (QED) is 0.802. The summed E-state index contributed by atoms with van der Waals surface area (Å²) in [5.41, 5.74) is 0. The van der Waals surface area contributed by atoms with Gasteiger partial charge >= 0.3 is 0 Å². The maximum absolute atomic E-state index is 6.13. The van der Waals surface area contributed by atoms with Crippen LogP contribution in [0.25, 0.3) is 0 Å². The first-order valence-corrected chi connectivity index (χ1v) is 9.31. The van der Waals surface area contributed by atoms with Crippen molar-refractivity contribution in [2.45, 2.75) is 38.8 Å². The molecule has 1 saturated heterocycles. The van der Waals surface area contributed by atoms with E-state index in [1.807, 2.05) is 13.8 Å². The maximum atomic E-state index is 6.13. The van der Waals surface area contributed by atoms with E-state index in [0.717, 1.165) is 6.16 Å². The van der Waals surface area contributed by atoms with Crippen molar-refractivity contribution in [3.8, 4) is 0 Å². The Kier molecular flexibility index (Phi) is 4.63. The van der Waals surface area contributed by atoms with Gasteiger partial charge in [-0.05, 0) is 39.3 Å². The van der Waals surface area contributed by atoms with E-state index >= 15 is 0 Å². The highest BCUT2D eigenvalue weighted by Gasteiger charge is 2.39. The van der Waals surface area contributed by atoms with Crippen LogP contribution in [0.5, 0.6) is 0 Å². The summed E-state index contributed by atoms with van der Waals surface area (Å²) in [5, 5.41) is 2.79. The third-order valence-electron chi connectivity index (χ3n) is 3.93. The molecule has 2 aromatic carbocycles. The molecule has 0 radical (unpaired) electrons. The molecule has 2 aromatic rings. The van der Waals surface area contributed by atoms with Crippen LogP contribution in [-0.2, 0) is 9.47 Å². The molecule has 1 aliphatic rings. The molecule has 3 heteroatoms. The Morgan fingerprint density at radius 3 is 1.77 bits per heavy atom. The van der Waals surface area contributed by atoms with E-state index in [-0.39, 0.29) is 12.2 Å². The van der Waals surface area contributed by atoms with Crippen molar-refractivity contribution >= 4 is 18.5 Å². The fraction of sp³-hybridized carbons (Fsp3) is 0.368. The average molecular weight is 314 g/mol. The molecule has 0 aliphatic carbocycles. The van der Waals surface area contributed by atoms with Gasteiger partial charge in [-0.2, -0.15) is 0 Å². The number of benzene rings is 2. The number of ether oxygens (including phenoxy) is 2. The van der Waals surface area contributed by atoms with Crippen molar-refractivity contribution < 1.29 is 9.47 Å². The zero-order valence-electron chi connectivity index (χ0n) is 13.4. The summed E-state index contributed by atoms with van der Waals surface area (Å²) in [5.74, 6) is -0.474. The standard InChI is InChI=1S/C19H23O2P/c1-15-18(21-19(2,3)20-15)14-22(16-10-6-4-7-11-16)17-12-8-5-9-13-17/h4-13,15,18H,14H2,1-3H3/t15-,18-/m1/s1. The number of rotatable bonds is 4. The highest BCUT2D eigenvalue weighted by Crippen LogP contribution is 2.39. The summed E-state index contributed by atoms with van der Waals surface area (Å²) in [6, 6.07) is 21.5. The summed E-state index contributed by atoms with van der Waals surface area (Å²) < 4.78 is 12.1. The Hall–Kier alpha value is -1.21. The second kappa shape index (κ2) is 6.50. The molecule has 0 saturated carbocycles. The molecule has 3 rings (SSSR count). The highest BCUT2D eigenvalue weighted by atomic mass is 31.1. The Bertz CT molecular complexity index is 558. The molecule has 1 fully saturated rings. The Balaban J connectivity index is 1.87. The molecular weight excluding hydrogens is 291 g/mol. The Morgan fingerprint density at radius 1 is 0.864 bits per heavy atom. The van der Waals surface area contributed by atoms with Crippen molar-refractivity contribution in [3.63, 3.8) is 0 Å². The van der Waals surface area contributed by atoms with Crippen LogP contribution in [0.2, 0.25) is 0 Å². The monoisotopic (exact) mass is 314 g/mol. The normalized spacial score (nSPS) is 23.8. The molecule has 22 heavy (non-hydrogen) atoms. The van der Waals surface area contributed by atoms with Crippen molar-refractivity contribution in [3.05, 3.63) is 60.7 Å². The Labute approximate surface area is 134 Å². The molecule has 0 aromatic heterocycles. The van der Waals surface area contributed by atoms with E-state index in [9.17, 15) is 0 Å². The largest absolute Gasteiger partial charge is 0.345 e. The van der Waals surface area contributed by atoms with Gasteiger partial charge in [-0.3, -0.25) is 0 Å². The molecule has 1 aliphatic heterocycles. The van der Waals surface area contributed by atoms with Crippen molar-refractivity contribution in [1.29, 1.82) is 0 Å². The highest BCUT2D eigenvalue weighted by molar-refractivity contribution is 7.73. The molecule has 0 amide bonds. The number of hydrogen-bond acceptors (Lipinski definition) is 2. The topological polar surface area (TPSA) is 18.5 Å². The Morgan fingerprint density at radius 2 is 1.36 bits per heavy atom. The fourth-order valence-electron chi connectivity index (χ4n) is 2.95. The van der Waals surface area contributed by atoms with E-state index in [0.29, 0.717) is 0 Å². The minimum Gasteiger partial charge on any atom is -0.345 e. The molecular formula is C19H23O2P. The van der Waals surface area contributed by atoms with Crippen LogP contribution in [0.1, 0.15) is 20.8 Å². The smallest absolute Gasteiger partial charge is 0.163 e. The third-order valence-corrected chi connectivity index (χ3v) is 6.49. The summed E-state index contributed by atoms with van der Waals surface area (Å²) in [6.45, 7) is 6.11. The van der Waals surface area contributed by atoms with Crippen molar-refractivity contribution in [2.75, 3.05) is 6.16 Å². The van der Waals surface area contributed by atoms with E-state index in [2.05, 4.69) is 67.6 Å². The first-order chi connectivity index (χ1) is 10.6. The number of hydrogen-bond donors (Lipinski definition) is 0. The van der Waals surface area contributed by atoms with Gasteiger partial charge in [0, 0.05) is 6.16 Å². The van der Waals surface area contributed by atoms with Crippen LogP contribution in [0.15, 0.2) is 60.7 Å². The minimum atomic E-state index is -0.474. The third kappa shape index (κ3) is 3.57. The van der Waals surface area contributed by atoms with Crippen LogP contribution >= 0.6 is 7.92 Å². The SMILES string of the molecule is C[C@H]1OC(C)(C)O[C@@H]1CP(c1ccccc1)c1ccccc1. The van der Waals surface area contributed by atoms with Gasteiger partial charge < -0.3 is 9.47 Å². The first kappa shape index (κ1) is 15.7. The molecule has 2 nitrogen and oxygen atoms in total. The second-order valence-corrected chi connectivity index (χ2v) is 8.41. The van der Waals surface area contributed by atoms with Crippen molar-refractivity contribution in [2.24, 2.45) is 0 Å². The van der Waals surface area contributed by atoms with Crippen LogP contribution < -0.4 is 10.6 Å². The van der Waals surface area contributed by atoms with Gasteiger partial charge in [0.05, 0.1) is 12.2 Å². The minimum absolute atomic E-state index is 0.132. The molecule has 0 bridgehead atoms. The molecule has 0 unspecified atom stereocenters. The zero-order valence-corrected chi connectivity index (χ0v) is 14.3. The lowest BCUT2D eigenvalue weighted by Gasteiger charge is -2.23. The van der Waals surface area contributed by atoms with Crippen LogP contribution in [0, 0.1) is 0 Å². The lowest BCUT2D eigenvalue weighted by atomic mass is 10.3. The summed E-state index contributed by atoms with van der Waals surface area (Å²) in [7, 11) is -0.435. The molecule has 116 valence electrons. The lowest BCUT2D eigenvalue weighted by Crippen LogP contribution is -2.28. The average Bonchev–Trinajstić information content (AvgIpc) is 2.78. The van der Waals surface area contributed by atoms with Gasteiger partial charge in [-0.1, -0.05) is 60.7 Å². The predicted octanol–water partition coefficient (Wildman–Crippen LogP) is 3.66. The van der Waals surface area contributed by atoms with E-state index in [4.69, 9.17) is 9.47 Å². The fourth-order valence-corrected chi connectivity index (χ4v) is 5.47. The molecule has 2 atom stereocenters. The van der Waals surface area contributed by atoms with Gasteiger partial charge in [0.15, 0.2) is 5.79 Å². The van der Waals surface area contributed by atoms with Gasteiger partial charge in [0.1, 0.15) is 0 Å². The van der Waals surface area contributed by atoms with E-state index < -0.39 is 13.7 Å². The molecule has 0 N–H and O–H groups in total. The first-order valence-electron chi connectivity index (χ1n) is 7.78. The molecule has 0 spiro atoms.